The highest BCUT2D eigenvalue weighted by Gasteiger charge is 2.36. The first kappa shape index (κ1) is 24.6. The summed E-state index contributed by atoms with van der Waals surface area (Å²) in [7, 11) is 0. The number of carbonyl (C=O) groups is 1. The van der Waals surface area contributed by atoms with E-state index in [1.165, 1.54) is 18.2 Å². The Morgan fingerprint density at radius 1 is 1.25 bits per heavy atom. The SMILES string of the molecule is C=CC(=O)N1CCN(C2=NC(=C)N3C[C@@H](OCC)CSc4c(-c5ccc(F)cc5)c(C)cc2c43)CC1. The number of ether oxygens (including phenoxy) is 1. The number of aliphatic imine (C=N–C) groups is 1. The number of piperazine rings is 1. The van der Waals surface area contributed by atoms with Gasteiger partial charge in [0, 0.05) is 54.6 Å². The van der Waals surface area contributed by atoms with Crippen LogP contribution in [0.4, 0.5) is 10.1 Å². The number of amides is 1. The van der Waals surface area contributed by atoms with Crippen molar-refractivity contribution in [3.05, 3.63) is 72.3 Å². The Kier molecular flexibility index (Phi) is 6.90. The Morgan fingerprint density at radius 3 is 2.64 bits per heavy atom. The van der Waals surface area contributed by atoms with Gasteiger partial charge < -0.3 is 19.4 Å². The number of amidine groups is 1. The molecule has 188 valence electrons. The number of aryl methyl sites for hydroxylation is 1. The van der Waals surface area contributed by atoms with Crippen molar-refractivity contribution in [1.29, 1.82) is 0 Å². The molecule has 1 fully saturated rings. The van der Waals surface area contributed by atoms with Crippen LogP contribution < -0.4 is 4.90 Å². The Labute approximate surface area is 216 Å². The van der Waals surface area contributed by atoms with Crippen molar-refractivity contribution < 1.29 is 13.9 Å². The average Bonchev–Trinajstić information content (AvgIpc) is 3.07. The smallest absolute Gasteiger partial charge is 0.246 e. The van der Waals surface area contributed by atoms with E-state index in [-0.39, 0.29) is 17.8 Å². The molecule has 2 aromatic rings. The molecule has 0 saturated carbocycles. The molecule has 5 rings (SSSR count). The van der Waals surface area contributed by atoms with E-state index < -0.39 is 0 Å². The number of hydrogen-bond donors (Lipinski definition) is 0. The molecule has 3 aliphatic heterocycles. The van der Waals surface area contributed by atoms with Crippen LogP contribution in [0.25, 0.3) is 11.1 Å². The molecule has 3 heterocycles. The highest BCUT2D eigenvalue weighted by Crippen LogP contribution is 2.48. The largest absolute Gasteiger partial charge is 0.376 e. The van der Waals surface area contributed by atoms with Crippen LogP contribution in [0, 0.1) is 12.7 Å². The van der Waals surface area contributed by atoms with E-state index in [0.717, 1.165) is 44.4 Å². The Hall–Kier alpha value is -3.10. The summed E-state index contributed by atoms with van der Waals surface area (Å²) in [5, 5.41) is 0. The van der Waals surface area contributed by atoms with E-state index >= 15 is 0 Å². The predicted molar refractivity (Wildman–Crippen MR) is 144 cm³/mol. The summed E-state index contributed by atoms with van der Waals surface area (Å²) in [5.41, 5.74) is 5.36. The number of anilines is 1. The predicted octanol–water partition coefficient (Wildman–Crippen LogP) is 4.68. The van der Waals surface area contributed by atoms with Crippen LogP contribution in [-0.4, -0.2) is 72.7 Å². The van der Waals surface area contributed by atoms with Crippen LogP contribution in [-0.2, 0) is 9.53 Å². The third-order valence-corrected chi connectivity index (χ3v) is 8.13. The monoisotopic (exact) mass is 506 g/mol. The van der Waals surface area contributed by atoms with E-state index in [1.54, 1.807) is 11.8 Å². The number of benzene rings is 2. The minimum absolute atomic E-state index is 0.0311. The molecule has 1 amide bonds. The van der Waals surface area contributed by atoms with Gasteiger partial charge in [-0.2, -0.15) is 0 Å². The zero-order valence-electron chi connectivity index (χ0n) is 20.8. The number of hydrogen-bond acceptors (Lipinski definition) is 6. The summed E-state index contributed by atoms with van der Waals surface area (Å²) in [6.45, 7) is 16.0. The summed E-state index contributed by atoms with van der Waals surface area (Å²) >= 11 is 1.78. The molecule has 2 aromatic carbocycles. The number of carbonyl (C=O) groups excluding carboxylic acids is 1. The van der Waals surface area contributed by atoms with Crippen molar-refractivity contribution in [2.45, 2.75) is 24.8 Å². The number of thioether (sulfide) groups is 1. The molecule has 1 saturated heterocycles. The Morgan fingerprint density at radius 2 is 1.97 bits per heavy atom. The van der Waals surface area contributed by atoms with Gasteiger partial charge in [-0.15, -0.1) is 11.8 Å². The molecule has 0 N–H and O–H groups in total. The lowest BCUT2D eigenvalue weighted by atomic mass is 9.94. The lowest BCUT2D eigenvalue weighted by Crippen LogP contribution is -2.51. The van der Waals surface area contributed by atoms with Crippen LogP contribution in [0.2, 0.25) is 0 Å². The zero-order valence-corrected chi connectivity index (χ0v) is 21.6. The van der Waals surface area contributed by atoms with Gasteiger partial charge in [0.2, 0.25) is 5.91 Å². The second kappa shape index (κ2) is 10.1. The first-order valence-electron chi connectivity index (χ1n) is 12.3. The molecular formula is C28H31FN4O2S. The van der Waals surface area contributed by atoms with Gasteiger partial charge in [0.05, 0.1) is 18.3 Å². The van der Waals surface area contributed by atoms with Crippen LogP contribution in [0.1, 0.15) is 18.1 Å². The minimum Gasteiger partial charge on any atom is -0.376 e. The summed E-state index contributed by atoms with van der Waals surface area (Å²) in [6, 6.07) is 8.91. The molecule has 0 radical (unpaired) electrons. The van der Waals surface area contributed by atoms with Gasteiger partial charge in [-0.05, 0) is 49.2 Å². The van der Waals surface area contributed by atoms with Crippen LogP contribution >= 0.6 is 11.8 Å². The summed E-state index contributed by atoms with van der Waals surface area (Å²) in [4.78, 5) is 24.5. The van der Waals surface area contributed by atoms with Gasteiger partial charge in [-0.3, -0.25) is 4.79 Å². The second-order valence-corrected chi connectivity index (χ2v) is 10.2. The van der Waals surface area contributed by atoms with Crippen molar-refractivity contribution in [2.75, 3.05) is 50.0 Å². The van der Waals surface area contributed by atoms with Crippen molar-refractivity contribution in [3.8, 4) is 11.1 Å². The zero-order chi connectivity index (χ0) is 25.4. The molecule has 6 nitrogen and oxygen atoms in total. The number of nitrogens with zero attached hydrogens (tertiary/aromatic N) is 4. The summed E-state index contributed by atoms with van der Waals surface area (Å²) in [5.74, 6) is 2.09. The summed E-state index contributed by atoms with van der Waals surface area (Å²) < 4.78 is 19.8. The standard InChI is InChI=1S/C28H31FN4O2S/c1-5-24(34)31-11-13-32(14-12-31)28-23-15-18(3)25(20-7-9-21(29)10-8-20)27-26(23)33(19(4)30-28)16-22(17-36-27)35-6-2/h5,7-10,15,22H,1,4,6,11-14,16-17H2,2-3H3/t22-/m1/s1. The fourth-order valence-corrected chi connectivity index (χ4v) is 6.51. The molecular weight excluding hydrogens is 475 g/mol. The van der Waals surface area contributed by atoms with Crippen LogP contribution in [0.15, 0.2) is 65.3 Å². The Bertz CT molecular complexity index is 1240. The molecule has 0 aliphatic carbocycles. The van der Waals surface area contributed by atoms with Crippen LogP contribution in [0.3, 0.4) is 0 Å². The normalized spacial score (nSPS) is 19.5. The molecule has 0 spiro atoms. The van der Waals surface area contributed by atoms with Crippen molar-refractivity contribution >= 4 is 29.2 Å². The number of halogens is 1. The molecule has 0 unspecified atom stereocenters. The lowest BCUT2D eigenvalue weighted by molar-refractivity contribution is -0.127. The van der Waals surface area contributed by atoms with E-state index in [4.69, 9.17) is 9.73 Å². The lowest BCUT2D eigenvalue weighted by Gasteiger charge is -2.40. The van der Waals surface area contributed by atoms with Gasteiger partial charge in [0.1, 0.15) is 17.5 Å². The van der Waals surface area contributed by atoms with Gasteiger partial charge in [0.15, 0.2) is 0 Å². The maximum absolute atomic E-state index is 13.7. The third-order valence-electron chi connectivity index (χ3n) is 6.91. The highest BCUT2D eigenvalue weighted by molar-refractivity contribution is 7.99. The quantitative estimate of drug-likeness (QED) is 0.564. The molecule has 0 bridgehead atoms. The first-order valence-corrected chi connectivity index (χ1v) is 13.3. The van der Waals surface area contributed by atoms with E-state index in [9.17, 15) is 9.18 Å². The van der Waals surface area contributed by atoms with Crippen molar-refractivity contribution in [1.82, 2.24) is 9.80 Å². The molecule has 36 heavy (non-hydrogen) atoms. The van der Waals surface area contributed by atoms with E-state index in [2.05, 4.69) is 35.9 Å². The van der Waals surface area contributed by atoms with Crippen molar-refractivity contribution in [3.63, 3.8) is 0 Å². The highest BCUT2D eigenvalue weighted by atomic mass is 32.2. The van der Waals surface area contributed by atoms with Crippen LogP contribution in [0.5, 0.6) is 0 Å². The molecule has 3 aliphatic rings. The summed E-state index contributed by atoms with van der Waals surface area (Å²) in [6.07, 6.45) is 1.40. The van der Waals surface area contributed by atoms with E-state index in [0.29, 0.717) is 45.2 Å². The van der Waals surface area contributed by atoms with Gasteiger partial charge in [-0.25, -0.2) is 9.38 Å². The molecule has 0 aromatic heterocycles. The maximum atomic E-state index is 13.7. The molecule has 1 atom stereocenters. The number of rotatable bonds is 4. The molecule has 8 heteroatoms. The Balaban J connectivity index is 1.61. The van der Waals surface area contributed by atoms with E-state index in [1.807, 2.05) is 24.0 Å². The first-order chi connectivity index (χ1) is 17.4. The van der Waals surface area contributed by atoms with Gasteiger partial charge in [0.25, 0.3) is 0 Å². The second-order valence-electron chi connectivity index (χ2n) is 9.17. The van der Waals surface area contributed by atoms with Gasteiger partial charge >= 0.3 is 0 Å². The average molecular weight is 507 g/mol. The maximum Gasteiger partial charge on any atom is 0.246 e. The fraction of sp³-hybridized carbons (Fsp3) is 0.357. The minimum atomic E-state index is -0.247. The fourth-order valence-electron chi connectivity index (χ4n) is 5.18. The topological polar surface area (TPSA) is 48.4 Å². The van der Waals surface area contributed by atoms with Crippen molar-refractivity contribution in [2.24, 2.45) is 4.99 Å². The van der Waals surface area contributed by atoms with Gasteiger partial charge in [-0.1, -0.05) is 25.3 Å². The third kappa shape index (κ3) is 4.44.